The lowest BCUT2D eigenvalue weighted by atomic mass is 9.92. The Bertz CT molecular complexity index is 474. The van der Waals surface area contributed by atoms with E-state index in [1.807, 2.05) is 0 Å². The third kappa shape index (κ3) is 3.41. The van der Waals surface area contributed by atoms with Crippen molar-refractivity contribution in [2.24, 2.45) is 5.92 Å². The number of nitrogens with zero attached hydrogens (tertiary/aromatic N) is 1. The summed E-state index contributed by atoms with van der Waals surface area (Å²) in [6.45, 7) is 10.3. The van der Waals surface area contributed by atoms with Gasteiger partial charge in [0.1, 0.15) is 5.75 Å². The van der Waals surface area contributed by atoms with Crippen LogP contribution in [0.2, 0.25) is 0 Å². The topological polar surface area (TPSA) is 24.5 Å². The van der Waals surface area contributed by atoms with Crippen molar-refractivity contribution < 1.29 is 4.74 Å². The van der Waals surface area contributed by atoms with Crippen molar-refractivity contribution in [1.82, 2.24) is 10.2 Å². The summed E-state index contributed by atoms with van der Waals surface area (Å²) in [4.78, 5) is 2.60. The molecule has 0 saturated carbocycles. The lowest BCUT2D eigenvalue weighted by Crippen LogP contribution is -2.44. The number of hydrogen-bond donors (Lipinski definition) is 1. The molecule has 3 heteroatoms. The maximum Gasteiger partial charge on any atom is 0.124 e. The van der Waals surface area contributed by atoms with Crippen LogP contribution in [0.4, 0.5) is 0 Å². The third-order valence-corrected chi connectivity index (χ3v) is 4.85. The Morgan fingerprint density at radius 2 is 1.90 bits per heavy atom. The van der Waals surface area contributed by atoms with Gasteiger partial charge in [-0.1, -0.05) is 18.2 Å². The van der Waals surface area contributed by atoms with Crippen LogP contribution in [0.1, 0.15) is 45.2 Å². The lowest BCUT2D eigenvalue weighted by molar-refractivity contribution is 0.208. The van der Waals surface area contributed by atoms with E-state index in [2.05, 4.69) is 55.3 Å². The van der Waals surface area contributed by atoms with Gasteiger partial charge >= 0.3 is 0 Å². The molecule has 2 bridgehead atoms. The summed E-state index contributed by atoms with van der Waals surface area (Å²) in [6, 6.07) is 9.45. The predicted molar refractivity (Wildman–Crippen MR) is 86.7 cm³/mol. The summed E-state index contributed by atoms with van der Waals surface area (Å²) in [5.41, 5.74) is 1.28. The van der Waals surface area contributed by atoms with Crippen molar-refractivity contribution in [2.75, 3.05) is 19.6 Å². The number of ether oxygens (including phenoxy) is 1. The van der Waals surface area contributed by atoms with E-state index in [9.17, 15) is 0 Å². The van der Waals surface area contributed by atoms with Crippen LogP contribution in [0, 0.1) is 5.92 Å². The second kappa shape index (κ2) is 6.37. The van der Waals surface area contributed by atoms with Crippen molar-refractivity contribution in [3.63, 3.8) is 0 Å². The number of nitrogens with one attached hydrogen (secondary N) is 1. The molecule has 0 aliphatic carbocycles. The van der Waals surface area contributed by atoms with Gasteiger partial charge < -0.3 is 15.0 Å². The van der Waals surface area contributed by atoms with E-state index in [0.29, 0.717) is 12.1 Å². The second-order valence-electron chi connectivity index (χ2n) is 6.84. The standard InChI is InChI=1S/C18H28N2O/c1-13(2)21-18-7-5-4-6-16(18)14(3)19-17-9-11-20-10-8-15(17)12-20/h4-7,13-15,17,19H,8-12H2,1-3H3. The average molecular weight is 288 g/mol. The molecule has 0 aromatic heterocycles. The van der Waals surface area contributed by atoms with Gasteiger partial charge in [-0.3, -0.25) is 0 Å². The van der Waals surface area contributed by atoms with Crippen LogP contribution in [0.5, 0.6) is 5.75 Å². The highest BCUT2D eigenvalue weighted by Crippen LogP contribution is 2.31. The minimum absolute atomic E-state index is 0.219. The van der Waals surface area contributed by atoms with E-state index in [1.54, 1.807) is 0 Å². The third-order valence-electron chi connectivity index (χ3n) is 4.85. The fraction of sp³-hybridized carbons (Fsp3) is 0.667. The van der Waals surface area contributed by atoms with Crippen molar-refractivity contribution in [3.8, 4) is 5.75 Å². The highest BCUT2D eigenvalue weighted by atomic mass is 16.5. The molecule has 0 amide bonds. The van der Waals surface area contributed by atoms with Gasteiger partial charge in [0.05, 0.1) is 6.10 Å². The van der Waals surface area contributed by atoms with Gasteiger partial charge in [0, 0.05) is 24.2 Å². The number of rotatable bonds is 5. The zero-order valence-electron chi connectivity index (χ0n) is 13.5. The first kappa shape index (κ1) is 14.9. The molecule has 3 nitrogen and oxygen atoms in total. The molecule has 1 aromatic carbocycles. The van der Waals surface area contributed by atoms with Crippen molar-refractivity contribution in [2.45, 2.75) is 51.8 Å². The molecule has 0 spiro atoms. The highest BCUT2D eigenvalue weighted by Gasteiger charge is 2.34. The van der Waals surface area contributed by atoms with Gasteiger partial charge in [0.15, 0.2) is 0 Å². The summed E-state index contributed by atoms with van der Waals surface area (Å²) in [7, 11) is 0. The normalized spacial score (nSPS) is 29.6. The Labute approximate surface area is 128 Å². The van der Waals surface area contributed by atoms with Gasteiger partial charge in [0.25, 0.3) is 0 Å². The maximum absolute atomic E-state index is 5.97. The fourth-order valence-electron chi connectivity index (χ4n) is 3.78. The van der Waals surface area contributed by atoms with Crippen LogP contribution in [0.3, 0.4) is 0 Å². The molecule has 116 valence electrons. The lowest BCUT2D eigenvalue weighted by Gasteiger charge is -2.33. The minimum Gasteiger partial charge on any atom is -0.491 e. The van der Waals surface area contributed by atoms with E-state index >= 15 is 0 Å². The Balaban J connectivity index is 1.68. The summed E-state index contributed by atoms with van der Waals surface area (Å²) in [5.74, 6) is 1.86. The first-order valence-corrected chi connectivity index (χ1v) is 8.37. The molecule has 1 N–H and O–H groups in total. The van der Waals surface area contributed by atoms with Gasteiger partial charge in [-0.15, -0.1) is 0 Å². The number of para-hydroxylation sites is 1. The zero-order chi connectivity index (χ0) is 14.8. The monoisotopic (exact) mass is 288 g/mol. The molecule has 4 unspecified atom stereocenters. The van der Waals surface area contributed by atoms with E-state index in [1.165, 1.54) is 38.0 Å². The first-order valence-electron chi connectivity index (χ1n) is 8.37. The van der Waals surface area contributed by atoms with Crippen LogP contribution >= 0.6 is 0 Å². The highest BCUT2D eigenvalue weighted by molar-refractivity contribution is 5.35. The molecule has 2 heterocycles. The van der Waals surface area contributed by atoms with E-state index in [-0.39, 0.29) is 6.10 Å². The van der Waals surface area contributed by atoms with E-state index in [0.717, 1.165) is 11.7 Å². The van der Waals surface area contributed by atoms with Crippen molar-refractivity contribution >= 4 is 0 Å². The number of piperidine rings is 1. The summed E-state index contributed by atoms with van der Waals surface area (Å²) in [6.07, 6.45) is 2.85. The summed E-state index contributed by atoms with van der Waals surface area (Å²) in [5, 5.41) is 3.87. The van der Waals surface area contributed by atoms with E-state index in [4.69, 9.17) is 4.74 Å². The van der Waals surface area contributed by atoms with Crippen LogP contribution in [0.15, 0.2) is 24.3 Å². The first-order chi connectivity index (χ1) is 10.1. The van der Waals surface area contributed by atoms with Crippen molar-refractivity contribution in [1.29, 1.82) is 0 Å². The van der Waals surface area contributed by atoms with Crippen molar-refractivity contribution in [3.05, 3.63) is 29.8 Å². The maximum atomic E-state index is 5.97. The largest absolute Gasteiger partial charge is 0.491 e. The predicted octanol–water partition coefficient (Wildman–Crippen LogP) is 3.22. The van der Waals surface area contributed by atoms with Gasteiger partial charge in [-0.25, -0.2) is 0 Å². The molecule has 2 fully saturated rings. The fourth-order valence-corrected chi connectivity index (χ4v) is 3.78. The summed E-state index contributed by atoms with van der Waals surface area (Å²) >= 11 is 0. The van der Waals surface area contributed by atoms with Crippen LogP contribution < -0.4 is 10.1 Å². The Kier molecular flexibility index (Phi) is 4.51. The molecular weight excluding hydrogens is 260 g/mol. The van der Waals surface area contributed by atoms with E-state index < -0.39 is 0 Å². The van der Waals surface area contributed by atoms with Gasteiger partial charge in [-0.2, -0.15) is 0 Å². The molecular formula is C18H28N2O. The smallest absolute Gasteiger partial charge is 0.124 e. The molecule has 21 heavy (non-hydrogen) atoms. The molecule has 0 radical (unpaired) electrons. The molecule has 1 aromatic rings. The van der Waals surface area contributed by atoms with Gasteiger partial charge in [-0.05, 0) is 58.7 Å². The number of benzene rings is 1. The van der Waals surface area contributed by atoms with Crippen LogP contribution in [0.25, 0.3) is 0 Å². The summed E-state index contributed by atoms with van der Waals surface area (Å²) < 4.78 is 5.97. The SMILES string of the molecule is CC(C)Oc1ccccc1C(C)NC1CCN2CCC1C2. The molecule has 2 saturated heterocycles. The molecule has 2 aliphatic heterocycles. The Morgan fingerprint density at radius 1 is 1.14 bits per heavy atom. The number of fused-ring (bicyclic) bond motifs is 2. The molecule has 3 rings (SSSR count). The van der Waals surface area contributed by atoms with Crippen LogP contribution in [-0.4, -0.2) is 36.7 Å². The zero-order valence-corrected chi connectivity index (χ0v) is 13.5. The molecule has 4 atom stereocenters. The Hall–Kier alpha value is -1.06. The van der Waals surface area contributed by atoms with Crippen LogP contribution in [-0.2, 0) is 0 Å². The quantitative estimate of drug-likeness (QED) is 0.900. The minimum atomic E-state index is 0.219. The number of hydrogen-bond acceptors (Lipinski definition) is 3. The second-order valence-corrected chi connectivity index (χ2v) is 6.84. The Morgan fingerprint density at radius 3 is 2.71 bits per heavy atom. The average Bonchev–Trinajstić information content (AvgIpc) is 2.84. The van der Waals surface area contributed by atoms with Gasteiger partial charge in [0.2, 0.25) is 0 Å². The molecule has 2 aliphatic rings.